The van der Waals surface area contributed by atoms with Crippen molar-refractivity contribution in [2.75, 3.05) is 0 Å². The summed E-state index contributed by atoms with van der Waals surface area (Å²) in [6, 6.07) is 2.29. The van der Waals surface area contributed by atoms with E-state index in [1.165, 1.54) is 0 Å². The summed E-state index contributed by atoms with van der Waals surface area (Å²) in [6.07, 6.45) is 5.43. The molecule has 2 rings (SSSR count). The van der Waals surface area contributed by atoms with Gasteiger partial charge in [0.2, 0.25) is 0 Å². The summed E-state index contributed by atoms with van der Waals surface area (Å²) in [5.74, 6) is 0. The topological polar surface area (TPSA) is 55.9 Å². The lowest BCUT2D eigenvalue weighted by Gasteiger charge is -2.06. The van der Waals surface area contributed by atoms with Crippen molar-refractivity contribution in [3.63, 3.8) is 0 Å². The molecule has 0 aliphatic rings. The SMILES string of the molecule is CC(C)n1ccc(CC(O)c2cnn(C)c2)n1. The van der Waals surface area contributed by atoms with Gasteiger partial charge < -0.3 is 5.11 Å². The van der Waals surface area contributed by atoms with Crippen LogP contribution in [-0.4, -0.2) is 24.7 Å². The van der Waals surface area contributed by atoms with Gasteiger partial charge in [0.25, 0.3) is 0 Å². The van der Waals surface area contributed by atoms with Gasteiger partial charge in [-0.1, -0.05) is 0 Å². The van der Waals surface area contributed by atoms with Crippen molar-refractivity contribution in [1.82, 2.24) is 19.6 Å². The minimum atomic E-state index is -0.542. The Morgan fingerprint density at radius 2 is 2.18 bits per heavy atom. The number of nitrogens with zero attached hydrogens (tertiary/aromatic N) is 4. The second-order valence-electron chi connectivity index (χ2n) is 4.55. The molecule has 2 heterocycles. The first-order valence-electron chi connectivity index (χ1n) is 5.77. The van der Waals surface area contributed by atoms with Crippen LogP contribution in [-0.2, 0) is 13.5 Å². The molecule has 0 amide bonds. The largest absolute Gasteiger partial charge is 0.388 e. The van der Waals surface area contributed by atoms with Gasteiger partial charge in [-0.3, -0.25) is 9.36 Å². The maximum Gasteiger partial charge on any atom is 0.0876 e. The molecule has 1 unspecified atom stereocenters. The molecule has 0 radical (unpaired) electrons. The van der Waals surface area contributed by atoms with Gasteiger partial charge in [-0.25, -0.2) is 0 Å². The Labute approximate surface area is 101 Å². The van der Waals surface area contributed by atoms with E-state index in [2.05, 4.69) is 24.0 Å². The fraction of sp³-hybridized carbons (Fsp3) is 0.500. The molecule has 2 aromatic heterocycles. The summed E-state index contributed by atoms with van der Waals surface area (Å²) in [6.45, 7) is 4.16. The predicted octanol–water partition coefficient (Wildman–Crippen LogP) is 1.47. The molecule has 0 fully saturated rings. The predicted molar refractivity (Wildman–Crippen MR) is 64.5 cm³/mol. The first kappa shape index (κ1) is 11.9. The van der Waals surface area contributed by atoms with E-state index >= 15 is 0 Å². The lowest BCUT2D eigenvalue weighted by Crippen LogP contribution is -2.05. The number of aliphatic hydroxyl groups is 1. The first-order valence-corrected chi connectivity index (χ1v) is 5.77. The highest BCUT2D eigenvalue weighted by Crippen LogP contribution is 2.17. The van der Waals surface area contributed by atoms with Crippen LogP contribution in [0.1, 0.15) is 37.3 Å². The van der Waals surface area contributed by atoms with Gasteiger partial charge in [-0.05, 0) is 19.9 Å². The van der Waals surface area contributed by atoms with Crippen LogP contribution < -0.4 is 0 Å². The van der Waals surface area contributed by atoms with E-state index in [0.717, 1.165) is 11.3 Å². The summed E-state index contributed by atoms with van der Waals surface area (Å²) < 4.78 is 3.58. The Balaban J connectivity index is 2.05. The van der Waals surface area contributed by atoms with Crippen LogP contribution in [0.15, 0.2) is 24.7 Å². The fourth-order valence-corrected chi connectivity index (χ4v) is 1.70. The van der Waals surface area contributed by atoms with Crippen molar-refractivity contribution in [3.05, 3.63) is 35.9 Å². The van der Waals surface area contributed by atoms with E-state index in [-0.39, 0.29) is 0 Å². The molecule has 0 saturated heterocycles. The monoisotopic (exact) mass is 234 g/mol. The molecule has 2 aromatic rings. The van der Waals surface area contributed by atoms with E-state index < -0.39 is 6.10 Å². The van der Waals surface area contributed by atoms with Gasteiger partial charge >= 0.3 is 0 Å². The van der Waals surface area contributed by atoms with Crippen molar-refractivity contribution in [1.29, 1.82) is 0 Å². The van der Waals surface area contributed by atoms with Crippen molar-refractivity contribution in [3.8, 4) is 0 Å². The summed E-state index contributed by atoms with van der Waals surface area (Å²) >= 11 is 0. The zero-order valence-corrected chi connectivity index (χ0v) is 10.4. The standard InChI is InChI=1S/C12H18N4O/c1-9(2)16-5-4-11(14-16)6-12(17)10-7-13-15(3)8-10/h4-5,7-9,12,17H,6H2,1-3H3. The van der Waals surface area contributed by atoms with Crippen molar-refractivity contribution in [2.24, 2.45) is 7.05 Å². The maximum atomic E-state index is 10.0. The van der Waals surface area contributed by atoms with E-state index in [4.69, 9.17) is 0 Å². The Morgan fingerprint density at radius 3 is 2.71 bits per heavy atom. The van der Waals surface area contributed by atoms with Crippen LogP contribution in [0.2, 0.25) is 0 Å². The molecule has 5 nitrogen and oxygen atoms in total. The number of hydrogen-bond acceptors (Lipinski definition) is 3. The molecule has 1 N–H and O–H groups in total. The number of aromatic nitrogens is 4. The van der Waals surface area contributed by atoms with E-state index in [1.807, 2.05) is 30.2 Å². The Morgan fingerprint density at radius 1 is 1.41 bits per heavy atom. The van der Waals surface area contributed by atoms with Crippen LogP contribution >= 0.6 is 0 Å². The number of aliphatic hydroxyl groups excluding tert-OH is 1. The van der Waals surface area contributed by atoms with Gasteiger partial charge in [-0.15, -0.1) is 0 Å². The van der Waals surface area contributed by atoms with Crippen molar-refractivity contribution in [2.45, 2.75) is 32.4 Å². The average Bonchev–Trinajstić information content (AvgIpc) is 2.86. The second-order valence-corrected chi connectivity index (χ2v) is 4.55. The summed E-state index contributed by atoms with van der Waals surface area (Å²) in [5.41, 5.74) is 1.72. The van der Waals surface area contributed by atoms with E-state index in [1.54, 1.807) is 10.9 Å². The van der Waals surface area contributed by atoms with Crippen molar-refractivity contribution >= 4 is 0 Å². The van der Waals surface area contributed by atoms with Crippen LogP contribution in [0.3, 0.4) is 0 Å². The second kappa shape index (κ2) is 4.71. The Bertz CT molecular complexity index is 486. The summed E-state index contributed by atoms with van der Waals surface area (Å²) in [5, 5.41) is 18.5. The number of aryl methyl sites for hydroxylation is 1. The third kappa shape index (κ3) is 2.74. The molecule has 0 aromatic carbocycles. The molecule has 1 atom stereocenters. The molecule has 0 spiro atoms. The zero-order chi connectivity index (χ0) is 12.4. The molecular formula is C12H18N4O. The number of rotatable bonds is 4. The number of hydrogen-bond donors (Lipinski definition) is 1. The van der Waals surface area contributed by atoms with E-state index in [9.17, 15) is 5.11 Å². The lowest BCUT2D eigenvalue weighted by atomic mass is 10.1. The van der Waals surface area contributed by atoms with Crippen LogP contribution in [0.5, 0.6) is 0 Å². The van der Waals surface area contributed by atoms with Crippen LogP contribution in [0.25, 0.3) is 0 Å². The van der Waals surface area contributed by atoms with Crippen LogP contribution in [0, 0.1) is 0 Å². The third-order valence-corrected chi connectivity index (χ3v) is 2.70. The average molecular weight is 234 g/mol. The summed E-state index contributed by atoms with van der Waals surface area (Å²) in [4.78, 5) is 0. The highest BCUT2D eigenvalue weighted by atomic mass is 16.3. The molecule has 92 valence electrons. The Hall–Kier alpha value is -1.62. The zero-order valence-electron chi connectivity index (χ0n) is 10.4. The van der Waals surface area contributed by atoms with Crippen molar-refractivity contribution < 1.29 is 5.11 Å². The van der Waals surface area contributed by atoms with Gasteiger partial charge in [0.15, 0.2) is 0 Å². The van der Waals surface area contributed by atoms with Gasteiger partial charge in [-0.2, -0.15) is 10.2 Å². The minimum absolute atomic E-state index is 0.347. The van der Waals surface area contributed by atoms with Gasteiger partial charge in [0.05, 0.1) is 18.0 Å². The van der Waals surface area contributed by atoms with E-state index in [0.29, 0.717) is 12.5 Å². The molecule has 0 aliphatic carbocycles. The van der Waals surface area contributed by atoms with Crippen LogP contribution in [0.4, 0.5) is 0 Å². The quantitative estimate of drug-likeness (QED) is 0.871. The summed E-state index contributed by atoms with van der Waals surface area (Å²) in [7, 11) is 1.84. The fourth-order valence-electron chi connectivity index (χ4n) is 1.70. The molecule has 0 bridgehead atoms. The molecule has 5 heteroatoms. The highest BCUT2D eigenvalue weighted by molar-refractivity contribution is 5.12. The maximum absolute atomic E-state index is 10.0. The highest BCUT2D eigenvalue weighted by Gasteiger charge is 2.12. The molecule has 0 aliphatic heterocycles. The first-order chi connectivity index (χ1) is 8.06. The normalized spacial score (nSPS) is 13.2. The van der Waals surface area contributed by atoms with Gasteiger partial charge in [0, 0.05) is 37.5 Å². The van der Waals surface area contributed by atoms with Gasteiger partial charge in [0.1, 0.15) is 0 Å². The molecule has 0 saturated carbocycles. The third-order valence-electron chi connectivity index (χ3n) is 2.70. The smallest absolute Gasteiger partial charge is 0.0876 e. The Kier molecular flexibility index (Phi) is 3.28. The molecular weight excluding hydrogens is 216 g/mol. The minimum Gasteiger partial charge on any atom is -0.388 e. The lowest BCUT2D eigenvalue weighted by molar-refractivity contribution is 0.176. The molecule has 17 heavy (non-hydrogen) atoms.